The summed E-state index contributed by atoms with van der Waals surface area (Å²) in [6.07, 6.45) is 0. The zero-order valence-corrected chi connectivity index (χ0v) is 11.6. The summed E-state index contributed by atoms with van der Waals surface area (Å²) in [6, 6.07) is 6.61. The molecule has 0 bridgehead atoms. The molecule has 0 aliphatic carbocycles. The molecule has 0 saturated heterocycles. The van der Waals surface area contributed by atoms with Crippen LogP contribution in [-0.4, -0.2) is 26.2 Å². The van der Waals surface area contributed by atoms with Crippen molar-refractivity contribution in [2.24, 2.45) is 5.92 Å². The third-order valence-electron chi connectivity index (χ3n) is 2.78. The number of nitrogens with one attached hydrogen (secondary N) is 1. The van der Waals surface area contributed by atoms with Crippen LogP contribution < -0.4 is 10.1 Å². The number of esters is 1. The molecule has 5 heteroatoms. The van der Waals surface area contributed by atoms with Gasteiger partial charge in [-0.2, -0.15) is 5.26 Å². The topological polar surface area (TPSA) is 71.3 Å². The maximum Gasteiger partial charge on any atom is 0.328 e. The van der Waals surface area contributed by atoms with E-state index in [9.17, 15) is 4.79 Å². The number of benzene rings is 1. The number of carbonyl (C=O) groups excluding carboxylic acids is 1. The van der Waals surface area contributed by atoms with Gasteiger partial charge in [-0.25, -0.2) is 4.79 Å². The van der Waals surface area contributed by atoms with Crippen LogP contribution in [0.1, 0.15) is 19.4 Å². The van der Waals surface area contributed by atoms with E-state index in [0.717, 1.165) is 0 Å². The lowest BCUT2D eigenvalue weighted by atomic mass is 10.0. The minimum Gasteiger partial charge on any atom is -0.497 e. The molecule has 0 fully saturated rings. The van der Waals surface area contributed by atoms with E-state index in [1.54, 1.807) is 25.3 Å². The van der Waals surface area contributed by atoms with E-state index < -0.39 is 6.04 Å². The molecule has 1 aromatic carbocycles. The van der Waals surface area contributed by atoms with Gasteiger partial charge in [0.15, 0.2) is 0 Å². The fraction of sp³-hybridized carbons (Fsp3) is 0.429. The smallest absolute Gasteiger partial charge is 0.328 e. The molecule has 102 valence electrons. The molecule has 0 aromatic heterocycles. The summed E-state index contributed by atoms with van der Waals surface area (Å²) >= 11 is 0. The molecular weight excluding hydrogens is 244 g/mol. The van der Waals surface area contributed by atoms with Crippen LogP contribution in [0.2, 0.25) is 0 Å². The first-order valence-electron chi connectivity index (χ1n) is 5.96. The van der Waals surface area contributed by atoms with Crippen LogP contribution >= 0.6 is 0 Å². The predicted octanol–water partition coefficient (Wildman–Crippen LogP) is 2.18. The summed E-state index contributed by atoms with van der Waals surface area (Å²) in [4.78, 5) is 11.7. The van der Waals surface area contributed by atoms with Gasteiger partial charge in [-0.05, 0) is 18.1 Å². The van der Waals surface area contributed by atoms with Gasteiger partial charge >= 0.3 is 5.97 Å². The van der Waals surface area contributed by atoms with Crippen molar-refractivity contribution in [3.05, 3.63) is 23.8 Å². The summed E-state index contributed by atoms with van der Waals surface area (Å²) < 4.78 is 9.88. The molecule has 1 rings (SSSR count). The maximum absolute atomic E-state index is 11.7. The van der Waals surface area contributed by atoms with E-state index in [2.05, 4.69) is 11.4 Å². The van der Waals surface area contributed by atoms with Crippen molar-refractivity contribution < 1.29 is 14.3 Å². The normalized spacial score (nSPS) is 11.6. The van der Waals surface area contributed by atoms with Crippen molar-refractivity contribution in [1.82, 2.24) is 0 Å². The summed E-state index contributed by atoms with van der Waals surface area (Å²) in [6.45, 7) is 3.81. The van der Waals surface area contributed by atoms with E-state index in [4.69, 9.17) is 14.7 Å². The first kappa shape index (κ1) is 14.8. The highest BCUT2D eigenvalue weighted by Gasteiger charge is 2.23. The molecule has 5 nitrogen and oxygen atoms in total. The second-order valence-electron chi connectivity index (χ2n) is 4.41. The minimum atomic E-state index is -0.510. The highest BCUT2D eigenvalue weighted by atomic mass is 16.5. The predicted molar refractivity (Wildman–Crippen MR) is 72.0 cm³/mol. The Morgan fingerprint density at radius 1 is 1.37 bits per heavy atom. The molecule has 0 aliphatic heterocycles. The van der Waals surface area contributed by atoms with Gasteiger partial charge in [-0.3, -0.25) is 0 Å². The Morgan fingerprint density at radius 3 is 2.53 bits per heavy atom. The Bertz CT molecular complexity index is 492. The molecule has 0 saturated carbocycles. The van der Waals surface area contributed by atoms with Gasteiger partial charge in [-0.1, -0.05) is 13.8 Å². The maximum atomic E-state index is 11.7. The van der Waals surface area contributed by atoms with Gasteiger partial charge in [0, 0.05) is 6.07 Å². The first-order chi connectivity index (χ1) is 9.03. The number of hydrogen-bond donors (Lipinski definition) is 1. The van der Waals surface area contributed by atoms with E-state index in [-0.39, 0.29) is 11.9 Å². The van der Waals surface area contributed by atoms with Gasteiger partial charge in [-0.15, -0.1) is 0 Å². The molecule has 0 amide bonds. The Kier molecular flexibility index (Phi) is 5.19. The van der Waals surface area contributed by atoms with Crippen molar-refractivity contribution in [1.29, 1.82) is 5.26 Å². The van der Waals surface area contributed by atoms with Crippen LogP contribution in [-0.2, 0) is 9.53 Å². The molecule has 1 N–H and O–H groups in total. The lowest BCUT2D eigenvalue weighted by Crippen LogP contribution is -2.35. The lowest BCUT2D eigenvalue weighted by Gasteiger charge is -2.21. The summed E-state index contributed by atoms with van der Waals surface area (Å²) in [5.74, 6) is 0.292. The molecule has 0 radical (unpaired) electrons. The van der Waals surface area contributed by atoms with Crippen molar-refractivity contribution >= 4 is 11.7 Å². The minimum absolute atomic E-state index is 0.0326. The average molecular weight is 262 g/mol. The van der Waals surface area contributed by atoms with Gasteiger partial charge in [0.05, 0.1) is 25.5 Å². The highest BCUT2D eigenvalue weighted by Crippen LogP contribution is 2.24. The monoisotopic (exact) mass is 262 g/mol. The van der Waals surface area contributed by atoms with Crippen LogP contribution in [0.25, 0.3) is 0 Å². The van der Waals surface area contributed by atoms with Crippen LogP contribution in [0.15, 0.2) is 18.2 Å². The molecule has 1 atom stereocenters. The number of nitriles is 1. The Morgan fingerprint density at radius 2 is 2.05 bits per heavy atom. The molecule has 0 spiro atoms. The second kappa shape index (κ2) is 6.64. The zero-order valence-electron chi connectivity index (χ0n) is 11.6. The molecule has 0 aliphatic rings. The van der Waals surface area contributed by atoms with E-state index in [1.165, 1.54) is 7.11 Å². The standard InChI is InChI=1S/C14H18N2O3/c1-9(2)13(14(17)19-4)16-12-7-11(18-3)6-5-10(12)8-15/h5-7,9,13,16H,1-4H3. The van der Waals surface area contributed by atoms with Gasteiger partial charge in [0.1, 0.15) is 17.9 Å². The van der Waals surface area contributed by atoms with Crippen molar-refractivity contribution in [3.8, 4) is 11.8 Å². The summed E-state index contributed by atoms with van der Waals surface area (Å²) in [5.41, 5.74) is 1.02. The summed E-state index contributed by atoms with van der Waals surface area (Å²) in [5, 5.41) is 12.1. The molecule has 1 unspecified atom stereocenters. The quantitative estimate of drug-likeness (QED) is 0.823. The van der Waals surface area contributed by atoms with Crippen LogP contribution in [0.4, 0.5) is 5.69 Å². The van der Waals surface area contributed by atoms with Crippen LogP contribution in [0, 0.1) is 17.2 Å². The average Bonchev–Trinajstić information content (AvgIpc) is 2.43. The number of nitrogens with zero attached hydrogens (tertiary/aromatic N) is 1. The first-order valence-corrected chi connectivity index (χ1v) is 5.96. The fourth-order valence-electron chi connectivity index (χ4n) is 1.66. The Labute approximate surface area is 113 Å². The third kappa shape index (κ3) is 3.62. The number of ether oxygens (including phenoxy) is 2. The Hall–Kier alpha value is -2.22. The van der Waals surface area contributed by atoms with Crippen LogP contribution in [0.3, 0.4) is 0 Å². The molecule has 19 heavy (non-hydrogen) atoms. The fourth-order valence-corrected chi connectivity index (χ4v) is 1.66. The van der Waals surface area contributed by atoms with Gasteiger partial charge in [0.25, 0.3) is 0 Å². The summed E-state index contributed by atoms with van der Waals surface area (Å²) in [7, 11) is 2.89. The highest BCUT2D eigenvalue weighted by molar-refractivity contribution is 5.80. The van der Waals surface area contributed by atoms with Crippen molar-refractivity contribution in [2.75, 3.05) is 19.5 Å². The van der Waals surface area contributed by atoms with E-state index in [0.29, 0.717) is 17.0 Å². The second-order valence-corrected chi connectivity index (χ2v) is 4.41. The Balaban J connectivity index is 3.08. The van der Waals surface area contributed by atoms with Gasteiger partial charge < -0.3 is 14.8 Å². The van der Waals surface area contributed by atoms with E-state index >= 15 is 0 Å². The number of rotatable bonds is 5. The van der Waals surface area contributed by atoms with Gasteiger partial charge in [0.2, 0.25) is 0 Å². The number of methoxy groups -OCH3 is 2. The molecule has 1 aromatic rings. The lowest BCUT2D eigenvalue weighted by molar-refractivity contribution is -0.142. The SMILES string of the molecule is COC(=O)C(Nc1cc(OC)ccc1C#N)C(C)C. The molecular formula is C14H18N2O3. The van der Waals surface area contributed by atoms with E-state index in [1.807, 2.05) is 13.8 Å². The number of anilines is 1. The molecule has 0 heterocycles. The third-order valence-corrected chi connectivity index (χ3v) is 2.78. The van der Waals surface area contributed by atoms with Crippen molar-refractivity contribution in [3.63, 3.8) is 0 Å². The number of carbonyl (C=O) groups is 1. The zero-order chi connectivity index (χ0) is 14.4. The number of hydrogen-bond acceptors (Lipinski definition) is 5. The largest absolute Gasteiger partial charge is 0.497 e. The van der Waals surface area contributed by atoms with Crippen LogP contribution in [0.5, 0.6) is 5.75 Å². The van der Waals surface area contributed by atoms with Crippen molar-refractivity contribution in [2.45, 2.75) is 19.9 Å².